The lowest BCUT2D eigenvalue weighted by molar-refractivity contribution is 0.407. The first-order valence-electron chi connectivity index (χ1n) is 4.01. The first kappa shape index (κ1) is 10.2. The first-order valence-corrected chi connectivity index (χ1v) is 6.15. The van der Waals surface area contributed by atoms with Gasteiger partial charge >= 0.3 is 0 Å². The molecular formula is C10H13O2P. The van der Waals surface area contributed by atoms with Crippen LogP contribution in [0.15, 0.2) is 36.1 Å². The van der Waals surface area contributed by atoms with Crippen LogP contribution in [0.4, 0.5) is 0 Å². The fourth-order valence-corrected chi connectivity index (χ4v) is 1.41. The second-order valence-electron chi connectivity index (χ2n) is 2.82. The minimum Gasteiger partial charge on any atom is -0.329 e. The van der Waals surface area contributed by atoms with E-state index in [4.69, 9.17) is 4.52 Å². The van der Waals surface area contributed by atoms with E-state index >= 15 is 0 Å². The molecule has 0 radical (unpaired) electrons. The van der Waals surface area contributed by atoms with Gasteiger partial charge in [-0.25, -0.2) is 0 Å². The summed E-state index contributed by atoms with van der Waals surface area (Å²) in [7, 11) is -1.06. The van der Waals surface area contributed by atoms with E-state index in [1.54, 1.807) is 12.5 Å². The van der Waals surface area contributed by atoms with E-state index in [-0.39, 0.29) is 0 Å². The highest BCUT2D eigenvalue weighted by molar-refractivity contribution is 7.61. The Hall–Kier alpha value is -0.850. The normalized spacial score (nSPS) is 15.8. The molecule has 70 valence electrons. The van der Waals surface area contributed by atoms with Gasteiger partial charge in [0.1, 0.15) is 0 Å². The molecule has 0 saturated carbocycles. The van der Waals surface area contributed by atoms with Gasteiger partial charge in [-0.1, -0.05) is 30.3 Å². The van der Waals surface area contributed by atoms with Crippen LogP contribution in [0.2, 0.25) is 0 Å². The Bertz CT molecular complexity index is 330. The number of hydrogen-bond donors (Lipinski definition) is 0. The molecule has 0 aliphatic carbocycles. The fourth-order valence-electron chi connectivity index (χ4n) is 0.846. The standard InChI is InChI=1S/C10H13O2P/c1-12-13(2,11)9-8-10-6-4-3-5-7-10/h3-9H,1-2H3. The van der Waals surface area contributed by atoms with E-state index in [1.807, 2.05) is 36.4 Å². The highest BCUT2D eigenvalue weighted by Crippen LogP contribution is 2.43. The Labute approximate surface area is 78.7 Å². The maximum Gasteiger partial charge on any atom is 0.221 e. The number of benzene rings is 1. The molecule has 0 fully saturated rings. The van der Waals surface area contributed by atoms with Crippen LogP contribution in [0.5, 0.6) is 0 Å². The second kappa shape index (κ2) is 4.40. The van der Waals surface area contributed by atoms with Crippen LogP contribution >= 0.6 is 7.37 Å². The summed E-state index contributed by atoms with van der Waals surface area (Å²) >= 11 is 0. The van der Waals surface area contributed by atoms with Crippen molar-refractivity contribution in [3.8, 4) is 0 Å². The van der Waals surface area contributed by atoms with Crippen molar-refractivity contribution in [3.63, 3.8) is 0 Å². The zero-order valence-corrected chi connectivity index (χ0v) is 8.70. The molecule has 1 rings (SSSR count). The monoisotopic (exact) mass is 196 g/mol. The van der Waals surface area contributed by atoms with Gasteiger partial charge < -0.3 is 4.52 Å². The van der Waals surface area contributed by atoms with E-state index < -0.39 is 7.37 Å². The third-order valence-electron chi connectivity index (χ3n) is 1.70. The largest absolute Gasteiger partial charge is 0.329 e. The van der Waals surface area contributed by atoms with E-state index in [1.165, 1.54) is 7.11 Å². The minimum absolute atomic E-state index is 1.03. The van der Waals surface area contributed by atoms with Crippen LogP contribution in [-0.4, -0.2) is 13.8 Å². The summed E-state index contributed by atoms with van der Waals surface area (Å²) in [6, 6.07) is 9.72. The summed E-state index contributed by atoms with van der Waals surface area (Å²) in [4.78, 5) is 0. The van der Waals surface area contributed by atoms with E-state index in [0.717, 1.165) is 5.56 Å². The van der Waals surface area contributed by atoms with Gasteiger partial charge in [-0.2, -0.15) is 0 Å². The fraction of sp³-hybridized carbons (Fsp3) is 0.200. The Balaban J connectivity index is 2.75. The first-order chi connectivity index (χ1) is 6.14. The van der Waals surface area contributed by atoms with Crippen molar-refractivity contribution < 1.29 is 9.09 Å². The van der Waals surface area contributed by atoms with Crippen molar-refractivity contribution in [2.75, 3.05) is 13.8 Å². The van der Waals surface area contributed by atoms with Crippen molar-refractivity contribution >= 4 is 13.4 Å². The van der Waals surface area contributed by atoms with Gasteiger partial charge in [-0.3, -0.25) is 4.57 Å². The van der Waals surface area contributed by atoms with Gasteiger partial charge in [-0.05, 0) is 11.6 Å². The van der Waals surface area contributed by atoms with Crippen molar-refractivity contribution in [3.05, 3.63) is 41.7 Å². The lowest BCUT2D eigenvalue weighted by Gasteiger charge is -2.02. The van der Waals surface area contributed by atoms with Crippen molar-refractivity contribution in [1.29, 1.82) is 0 Å². The Morgan fingerprint density at radius 1 is 1.31 bits per heavy atom. The summed E-state index contributed by atoms with van der Waals surface area (Å²) in [5.41, 5.74) is 1.03. The quantitative estimate of drug-likeness (QED) is 0.694. The van der Waals surface area contributed by atoms with E-state index in [2.05, 4.69) is 0 Å². The zero-order valence-electron chi connectivity index (χ0n) is 7.81. The van der Waals surface area contributed by atoms with Gasteiger partial charge in [0.05, 0.1) is 0 Å². The molecule has 0 amide bonds. The Kier molecular flexibility index (Phi) is 3.47. The smallest absolute Gasteiger partial charge is 0.221 e. The Morgan fingerprint density at radius 2 is 1.92 bits per heavy atom. The van der Waals surface area contributed by atoms with Crippen LogP contribution in [-0.2, 0) is 9.09 Å². The summed E-state index contributed by atoms with van der Waals surface area (Å²) in [6.45, 7) is 1.59. The third-order valence-corrected chi connectivity index (χ3v) is 3.12. The van der Waals surface area contributed by atoms with Crippen LogP contribution in [0.1, 0.15) is 5.56 Å². The SMILES string of the molecule is COP(C)(=O)C=Cc1ccccc1. The van der Waals surface area contributed by atoms with Crippen LogP contribution in [0.25, 0.3) is 6.08 Å². The van der Waals surface area contributed by atoms with Crippen LogP contribution in [0.3, 0.4) is 0 Å². The predicted octanol–water partition coefficient (Wildman–Crippen LogP) is 3.21. The predicted molar refractivity (Wildman–Crippen MR) is 56.0 cm³/mol. The third kappa shape index (κ3) is 3.58. The molecule has 1 aromatic rings. The summed E-state index contributed by atoms with van der Waals surface area (Å²) in [5, 5.41) is 0. The number of hydrogen-bond acceptors (Lipinski definition) is 2. The minimum atomic E-state index is -2.52. The average Bonchev–Trinajstić information content (AvgIpc) is 2.17. The molecule has 0 saturated heterocycles. The topological polar surface area (TPSA) is 26.3 Å². The molecule has 1 unspecified atom stereocenters. The van der Waals surface area contributed by atoms with E-state index in [0.29, 0.717) is 0 Å². The van der Waals surface area contributed by atoms with Crippen LogP contribution < -0.4 is 0 Å². The molecule has 0 N–H and O–H groups in total. The maximum atomic E-state index is 11.4. The lowest BCUT2D eigenvalue weighted by atomic mass is 10.2. The summed E-state index contributed by atoms with van der Waals surface area (Å²) in [6.07, 6.45) is 1.81. The highest BCUT2D eigenvalue weighted by atomic mass is 31.2. The van der Waals surface area contributed by atoms with Gasteiger partial charge in [-0.15, -0.1) is 0 Å². The molecule has 0 aromatic heterocycles. The second-order valence-corrected chi connectivity index (χ2v) is 5.30. The molecule has 0 aliphatic rings. The molecule has 1 aromatic carbocycles. The molecule has 1 atom stereocenters. The van der Waals surface area contributed by atoms with Crippen molar-refractivity contribution in [2.24, 2.45) is 0 Å². The molecule has 0 aliphatic heterocycles. The van der Waals surface area contributed by atoms with Gasteiger partial charge in [0, 0.05) is 19.6 Å². The van der Waals surface area contributed by atoms with Crippen molar-refractivity contribution in [1.82, 2.24) is 0 Å². The maximum absolute atomic E-state index is 11.4. The van der Waals surface area contributed by atoms with Gasteiger partial charge in [0.2, 0.25) is 7.37 Å². The molecular weight excluding hydrogens is 183 g/mol. The van der Waals surface area contributed by atoms with Gasteiger partial charge in [0.25, 0.3) is 0 Å². The molecule has 0 spiro atoms. The van der Waals surface area contributed by atoms with Crippen LogP contribution in [0, 0.1) is 0 Å². The molecule has 3 heteroatoms. The summed E-state index contributed by atoms with van der Waals surface area (Å²) in [5.74, 6) is 1.61. The lowest BCUT2D eigenvalue weighted by Crippen LogP contribution is -1.76. The number of rotatable bonds is 3. The average molecular weight is 196 g/mol. The Morgan fingerprint density at radius 3 is 2.46 bits per heavy atom. The molecule has 0 bridgehead atoms. The summed E-state index contributed by atoms with van der Waals surface area (Å²) < 4.78 is 16.3. The molecule has 0 heterocycles. The van der Waals surface area contributed by atoms with E-state index in [9.17, 15) is 4.57 Å². The van der Waals surface area contributed by atoms with Crippen molar-refractivity contribution in [2.45, 2.75) is 0 Å². The zero-order chi connectivity index (χ0) is 9.73. The molecule has 13 heavy (non-hydrogen) atoms. The molecule has 2 nitrogen and oxygen atoms in total. The van der Waals surface area contributed by atoms with Gasteiger partial charge in [0.15, 0.2) is 0 Å². The highest BCUT2D eigenvalue weighted by Gasteiger charge is 2.06.